The summed E-state index contributed by atoms with van der Waals surface area (Å²) < 4.78 is 0. The van der Waals surface area contributed by atoms with Gasteiger partial charge in [-0.05, 0) is 31.4 Å². The van der Waals surface area contributed by atoms with E-state index in [-0.39, 0.29) is 0 Å². The first-order valence-electron chi connectivity index (χ1n) is 4.63. The molecule has 0 heterocycles. The second kappa shape index (κ2) is 6.41. The highest BCUT2D eigenvalue weighted by atomic mass is 14.7. The van der Waals surface area contributed by atoms with E-state index in [9.17, 15) is 0 Å². The molecule has 1 nitrogen and oxygen atoms in total. The van der Waals surface area contributed by atoms with Crippen molar-refractivity contribution in [3.05, 3.63) is 36.0 Å². The normalized spacial score (nSPS) is 14.6. The van der Waals surface area contributed by atoms with Crippen LogP contribution < -0.4 is 0 Å². The van der Waals surface area contributed by atoms with Crippen molar-refractivity contribution in [2.45, 2.75) is 27.2 Å². The fourth-order valence-electron chi connectivity index (χ4n) is 1.20. The van der Waals surface area contributed by atoms with Crippen molar-refractivity contribution in [3.63, 3.8) is 0 Å². The third-order valence-electron chi connectivity index (χ3n) is 1.98. The lowest BCUT2D eigenvalue weighted by atomic mass is 10.0. The Morgan fingerprint density at radius 2 is 2.08 bits per heavy atom. The lowest BCUT2D eigenvalue weighted by Gasteiger charge is -2.06. The van der Waals surface area contributed by atoms with Gasteiger partial charge in [0.05, 0.1) is 0 Å². The van der Waals surface area contributed by atoms with E-state index in [1.165, 1.54) is 11.1 Å². The van der Waals surface area contributed by atoms with E-state index < -0.39 is 0 Å². The molecule has 0 aromatic rings. The molecule has 0 N–H and O–H groups in total. The molecule has 0 spiro atoms. The van der Waals surface area contributed by atoms with Crippen LogP contribution in [0.25, 0.3) is 0 Å². The quantitative estimate of drug-likeness (QED) is 0.460. The minimum atomic E-state index is 0.960. The Bertz CT molecular complexity index is 254. The monoisotopic (exact) mass is 177 g/mol. The summed E-state index contributed by atoms with van der Waals surface area (Å²) in [6, 6.07) is 0. The molecule has 0 fully saturated rings. The molecule has 0 aliphatic rings. The van der Waals surface area contributed by atoms with Gasteiger partial charge in [0.25, 0.3) is 0 Å². The Balaban J connectivity index is 5.13. The highest BCUT2D eigenvalue weighted by Gasteiger charge is 2.02. The van der Waals surface area contributed by atoms with E-state index in [4.69, 9.17) is 0 Å². The van der Waals surface area contributed by atoms with Gasteiger partial charge >= 0.3 is 0 Å². The number of rotatable bonds is 4. The summed E-state index contributed by atoms with van der Waals surface area (Å²) in [6.07, 6.45) is 6.95. The average molecular weight is 177 g/mol. The molecule has 0 unspecified atom stereocenters. The second-order valence-electron chi connectivity index (χ2n) is 2.82. The lowest BCUT2D eigenvalue weighted by molar-refractivity contribution is 1.23. The Labute approximate surface area is 81.6 Å². The third kappa shape index (κ3) is 3.41. The first kappa shape index (κ1) is 11.9. The Hall–Kier alpha value is -1.11. The Morgan fingerprint density at radius 1 is 1.46 bits per heavy atom. The maximum absolute atomic E-state index is 4.25. The Morgan fingerprint density at radius 3 is 2.38 bits per heavy atom. The van der Waals surface area contributed by atoms with Gasteiger partial charge < -0.3 is 0 Å². The van der Waals surface area contributed by atoms with Crippen molar-refractivity contribution in [1.82, 2.24) is 0 Å². The summed E-state index contributed by atoms with van der Waals surface area (Å²) in [4.78, 5) is 4.25. The summed E-state index contributed by atoms with van der Waals surface area (Å²) in [5.41, 5.74) is 3.51. The topological polar surface area (TPSA) is 12.4 Å². The predicted molar refractivity (Wildman–Crippen MR) is 61.4 cm³/mol. The van der Waals surface area contributed by atoms with Gasteiger partial charge in [-0.1, -0.05) is 31.7 Å². The minimum Gasteiger partial charge on any atom is -0.292 e. The van der Waals surface area contributed by atoms with Gasteiger partial charge in [0, 0.05) is 12.8 Å². The van der Waals surface area contributed by atoms with Gasteiger partial charge in [-0.3, -0.25) is 4.99 Å². The van der Waals surface area contributed by atoms with E-state index in [1.807, 2.05) is 26.1 Å². The molecule has 0 radical (unpaired) electrons. The SMILES string of the molecule is C=C/C(C)=C(/C=C\C)C(CC)=NC. The number of hydrogen-bond acceptors (Lipinski definition) is 1. The average Bonchev–Trinajstić information content (AvgIpc) is 2.17. The summed E-state index contributed by atoms with van der Waals surface area (Å²) >= 11 is 0. The van der Waals surface area contributed by atoms with Crippen molar-refractivity contribution < 1.29 is 0 Å². The van der Waals surface area contributed by atoms with Gasteiger partial charge in [-0.15, -0.1) is 0 Å². The van der Waals surface area contributed by atoms with E-state index in [0.29, 0.717) is 0 Å². The maximum Gasteiger partial charge on any atom is 0.0416 e. The molecule has 0 saturated heterocycles. The number of allylic oxidation sites excluding steroid dienone is 5. The largest absolute Gasteiger partial charge is 0.292 e. The first-order valence-corrected chi connectivity index (χ1v) is 4.63. The van der Waals surface area contributed by atoms with Crippen LogP contribution in [0.1, 0.15) is 27.2 Å². The molecule has 0 aliphatic heterocycles. The van der Waals surface area contributed by atoms with Crippen LogP contribution >= 0.6 is 0 Å². The van der Waals surface area contributed by atoms with Crippen LogP contribution in [0.4, 0.5) is 0 Å². The van der Waals surface area contributed by atoms with Crippen LogP contribution in [-0.2, 0) is 0 Å². The van der Waals surface area contributed by atoms with Crippen LogP contribution in [0.5, 0.6) is 0 Å². The predicted octanol–water partition coefficient (Wildman–Crippen LogP) is 3.55. The van der Waals surface area contributed by atoms with Gasteiger partial charge in [0.2, 0.25) is 0 Å². The third-order valence-corrected chi connectivity index (χ3v) is 1.98. The molecule has 0 saturated carbocycles. The maximum atomic E-state index is 4.25. The highest BCUT2D eigenvalue weighted by Crippen LogP contribution is 2.11. The minimum absolute atomic E-state index is 0.960. The molecule has 1 heteroatoms. The molecule has 0 atom stereocenters. The summed E-state index contributed by atoms with van der Waals surface area (Å²) in [7, 11) is 1.83. The zero-order valence-corrected chi connectivity index (χ0v) is 9.09. The summed E-state index contributed by atoms with van der Waals surface area (Å²) in [5, 5.41) is 0. The van der Waals surface area contributed by atoms with E-state index in [0.717, 1.165) is 12.1 Å². The van der Waals surface area contributed by atoms with Crippen LogP contribution in [0.2, 0.25) is 0 Å². The van der Waals surface area contributed by atoms with Crippen molar-refractivity contribution in [1.29, 1.82) is 0 Å². The van der Waals surface area contributed by atoms with Crippen LogP contribution in [0, 0.1) is 0 Å². The molecule has 13 heavy (non-hydrogen) atoms. The Kier molecular flexibility index (Phi) is 5.86. The fourth-order valence-corrected chi connectivity index (χ4v) is 1.20. The van der Waals surface area contributed by atoms with Gasteiger partial charge in [0.1, 0.15) is 0 Å². The molecule has 0 amide bonds. The van der Waals surface area contributed by atoms with Crippen molar-refractivity contribution in [3.8, 4) is 0 Å². The van der Waals surface area contributed by atoms with E-state index in [1.54, 1.807) is 0 Å². The molecule has 0 aromatic heterocycles. The van der Waals surface area contributed by atoms with Crippen molar-refractivity contribution in [2.75, 3.05) is 7.05 Å². The number of nitrogens with zero attached hydrogens (tertiary/aromatic N) is 1. The standard InChI is InChI=1S/C12H19N/c1-6-9-11(10(4)7-2)12(8-3)13-5/h6-7,9H,2,8H2,1,3-5H3/b9-6-,11-10-,13-12?. The van der Waals surface area contributed by atoms with Gasteiger partial charge in [-0.2, -0.15) is 0 Å². The summed E-state index contributed by atoms with van der Waals surface area (Å²) in [5.74, 6) is 0. The van der Waals surface area contributed by atoms with Gasteiger partial charge in [0.15, 0.2) is 0 Å². The molecule has 72 valence electrons. The molecule has 0 rings (SSSR count). The molecular formula is C12H19N. The highest BCUT2D eigenvalue weighted by molar-refractivity contribution is 6.03. The van der Waals surface area contributed by atoms with Gasteiger partial charge in [-0.25, -0.2) is 0 Å². The van der Waals surface area contributed by atoms with E-state index >= 15 is 0 Å². The van der Waals surface area contributed by atoms with E-state index in [2.05, 4.69) is 31.5 Å². The fraction of sp³-hybridized carbons (Fsp3) is 0.417. The smallest absolute Gasteiger partial charge is 0.0416 e. The molecule has 0 aliphatic carbocycles. The van der Waals surface area contributed by atoms with Crippen molar-refractivity contribution in [2.24, 2.45) is 4.99 Å². The van der Waals surface area contributed by atoms with Crippen LogP contribution in [-0.4, -0.2) is 12.8 Å². The summed E-state index contributed by atoms with van der Waals surface area (Å²) in [6.45, 7) is 9.95. The van der Waals surface area contributed by atoms with Crippen LogP contribution in [0.15, 0.2) is 40.9 Å². The lowest BCUT2D eigenvalue weighted by Crippen LogP contribution is -2.01. The molecule has 0 aromatic carbocycles. The van der Waals surface area contributed by atoms with Crippen LogP contribution in [0.3, 0.4) is 0 Å². The number of aliphatic imine (C=N–C) groups is 1. The molecule has 0 bridgehead atoms. The zero-order chi connectivity index (χ0) is 10.3. The second-order valence-corrected chi connectivity index (χ2v) is 2.82. The van der Waals surface area contributed by atoms with Crippen molar-refractivity contribution >= 4 is 5.71 Å². The zero-order valence-electron chi connectivity index (χ0n) is 9.09. The first-order chi connectivity index (χ1) is 6.21. The number of hydrogen-bond donors (Lipinski definition) is 0. The molecular weight excluding hydrogens is 158 g/mol.